The van der Waals surface area contributed by atoms with Crippen molar-refractivity contribution in [1.82, 2.24) is 0 Å². The number of hydrogen-bond donors (Lipinski definition) is 1. The third-order valence-electron chi connectivity index (χ3n) is 3.05. The fourth-order valence-electron chi connectivity index (χ4n) is 1.73. The van der Waals surface area contributed by atoms with E-state index in [0.29, 0.717) is 18.8 Å². The molecule has 1 unspecified atom stereocenters. The first-order valence-corrected chi connectivity index (χ1v) is 6.42. The van der Waals surface area contributed by atoms with Gasteiger partial charge in [-0.25, -0.2) is 0 Å². The van der Waals surface area contributed by atoms with Gasteiger partial charge in [-0.05, 0) is 37.1 Å². The maximum atomic E-state index is 5.59. The number of epoxide rings is 1. The Bertz CT molecular complexity index is 329. The van der Waals surface area contributed by atoms with E-state index in [1.165, 1.54) is 0 Å². The molecule has 3 nitrogen and oxygen atoms in total. The van der Waals surface area contributed by atoms with Gasteiger partial charge in [0.15, 0.2) is 0 Å². The van der Waals surface area contributed by atoms with E-state index in [0.717, 1.165) is 30.9 Å². The van der Waals surface area contributed by atoms with Crippen molar-refractivity contribution < 1.29 is 9.47 Å². The molecule has 0 radical (unpaired) electrons. The number of benzene rings is 1. The highest BCUT2D eigenvalue weighted by molar-refractivity contribution is 5.47. The Morgan fingerprint density at radius 3 is 2.47 bits per heavy atom. The average molecular weight is 235 g/mol. The molecule has 3 heteroatoms. The summed E-state index contributed by atoms with van der Waals surface area (Å²) in [5, 5.41) is 3.50. The summed E-state index contributed by atoms with van der Waals surface area (Å²) >= 11 is 0. The summed E-state index contributed by atoms with van der Waals surface area (Å²) < 4.78 is 10.7. The SMILES string of the molecule is CCC(CC)Nc1ccc(OCC2CO2)cc1. The number of ether oxygens (including phenoxy) is 2. The molecule has 1 fully saturated rings. The van der Waals surface area contributed by atoms with Crippen molar-refractivity contribution in [3.8, 4) is 5.75 Å². The predicted octanol–water partition coefficient (Wildman–Crippen LogP) is 3.06. The summed E-state index contributed by atoms with van der Waals surface area (Å²) in [6.45, 7) is 5.91. The van der Waals surface area contributed by atoms with E-state index in [2.05, 4.69) is 31.3 Å². The Morgan fingerprint density at radius 2 is 1.94 bits per heavy atom. The molecule has 0 spiro atoms. The van der Waals surface area contributed by atoms with Crippen LogP contribution in [0.5, 0.6) is 5.75 Å². The summed E-state index contributed by atoms with van der Waals surface area (Å²) in [5.74, 6) is 0.913. The van der Waals surface area contributed by atoms with Crippen molar-refractivity contribution in [3.05, 3.63) is 24.3 Å². The van der Waals surface area contributed by atoms with Crippen LogP contribution in [0, 0.1) is 0 Å². The Kier molecular flexibility index (Phi) is 4.26. The van der Waals surface area contributed by atoms with Crippen molar-refractivity contribution in [2.45, 2.75) is 38.8 Å². The minimum Gasteiger partial charge on any atom is -0.491 e. The summed E-state index contributed by atoms with van der Waals surface area (Å²) in [7, 11) is 0. The molecule has 1 N–H and O–H groups in total. The Labute approximate surface area is 103 Å². The average Bonchev–Trinajstić information content (AvgIpc) is 3.19. The number of anilines is 1. The first kappa shape index (κ1) is 12.2. The fourth-order valence-corrected chi connectivity index (χ4v) is 1.73. The van der Waals surface area contributed by atoms with Gasteiger partial charge in [0, 0.05) is 11.7 Å². The molecule has 94 valence electrons. The number of rotatable bonds is 7. The molecule has 0 saturated carbocycles. The topological polar surface area (TPSA) is 33.8 Å². The van der Waals surface area contributed by atoms with E-state index in [-0.39, 0.29) is 0 Å². The van der Waals surface area contributed by atoms with Crippen molar-refractivity contribution in [1.29, 1.82) is 0 Å². The molecule has 1 aliphatic heterocycles. The summed E-state index contributed by atoms with van der Waals surface area (Å²) in [6, 6.07) is 8.71. The van der Waals surface area contributed by atoms with Crippen LogP contribution in [0.3, 0.4) is 0 Å². The largest absolute Gasteiger partial charge is 0.491 e. The summed E-state index contributed by atoms with van der Waals surface area (Å²) in [5.41, 5.74) is 1.16. The van der Waals surface area contributed by atoms with Crippen LogP contribution in [0.1, 0.15) is 26.7 Å². The maximum absolute atomic E-state index is 5.59. The predicted molar refractivity (Wildman–Crippen MR) is 69.7 cm³/mol. The quantitative estimate of drug-likeness (QED) is 0.737. The van der Waals surface area contributed by atoms with Gasteiger partial charge in [0.05, 0.1) is 6.61 Å². The first-order chi connectivity index (χ1) is 8.31. The zero-order valence-corrected chi connectivity index (χ0v) is 10.6. The molecule has 1 heterocycles. The van der Waals surface area contributed by atoms with Crippen LogP contribution in [0.4, 0.5) is 5.69 Å². The van der Waals surface area contributed by atoms with Crippen molar-refractivity contribution >= 4 is 5.69 Å². The van der Waals surface area contributed by atoms with Crippen LogP contribution in [0.2, 0.25) is 0 Å². The van der Waals surface area contributed by atoms with Crippen molar-refractivity contribution in [3.63, 3.8) is 0 Å². The van der Waals surface area contributed by atoms with Gasteiger partial charge in [-0.3, -0.25) is 0 Å². The van der Waals surface area contributed by atoms with Crippen LogP contribution >= 0.6 is 0 Å². The van der Waals surface area contributed by atoms with Gasteiger partial charge in [-0.1, -0.05) is 13.8 Å². The third-order valence-corrected chi connectivity index (χ3v) is 3.05. The molecular formula is C14H21NO2. The monoisotopic (exact) mass is 235 g/mol. The Balaban J connectivity index is 1.83. The lowest BCUT2D eigenvalue weighted by molar-refractivity contribution is 0.263. The highest BCUT2D eigenvalue weighted by Crippen LogP contribution is 2.19. The van der Waals surface area contributed by atoms with E-state index in [4.69, 9.17) is 9.47 Å². The van der Waals surface area contributed by atoms with Crippen LogP contribution in [0.25, 0.3) is 0 Å². The third kappa shape index (κ3) is 3.93. The van der Waals surface area contributed by atoms with E-state index in [1.54, 1.807) is 0 Å². The highest BCUT2D eigenvalue weighted by Gasteiger charge is 2.22. The van der Waals surface area contributed by atoms with Gasteiger partial charge in [-0.2, -0.15) is 0 Å². The number of hydrogen-bond acceptors (Lipinski definition) is 3. The molecule has 1 aromatic carbocycles. The lowest BCUT2D eigenvalue weighted by atomic mass is 10.1. The summed E-state index contributed by atoms with van der Waals surface area (Å²) in [6.07, 6.45) is 2.61. The lowest BCUT2D eigenvalue weighted by Crippen LogP contribution is -2.16. The zero-order chi connectivity index (χ0) is 12.1. The molecule has 0 aromatic heterocycles. The van der Waals surface area contributed by atoms with Gasteiger partial charge >= 0.3 is 0 Å². The standard InChI is InChI=1S/C14H21NO2/c1-3-11(4-2)15-12-5-7-13(8-6-12)16-9-14-10-17-14/h5-8,11,14-15H,3-4,9-10H2,1-2H3. The summed E-state index contributed by atoms with van der Waals surface area (Å²) in [4.78, 5) is 0. The molecule has 1 aromatic rings. The van der Waals surface area contributed by atoms with Crippen molar-refractivity contribution in [2.24, 2.45) is 0 Å². The van der Waals surface area contributed by atoms with E-state index < -0.39 is 0 Å². The second-order valence-corrected chi connectivity index (χ2v) is 4.45. The highest BCUT2D eigenvalue weighted by atomic mass is 16.6. The molecule has 1 aliphatic rings. The zero-order valence-electron chi connectivity index (χ0n) is 10.6. The molecule has 2 rings (SSSR count). The first-order valence-electron chi connectivity index (χ1n) is 6.42. The molecule has 0 bridgehead atoms. The molecule has 0 aliphatic carbocycles. The van der Waals surface area contributed by atoms with Gasteiger partial charge in [0.1, 0.15) is 18.5 Å². The normalized spacial score (nSPS) is 18.2. The Hall–Kier alpha value is -1.22. The van der Waals surface area contributed by atoms with E-state index in [1.807, 2.05) is 12.1 Å². The lowest BCUT2D eigenvalue weighted by Gasteiger charge is -2.16. The van der Waals surface area contributed by atoms with Gasteiger partial charge in [-0.15, -0.1) is 0 Å². The van der Waals surface area contributed by atoms with E-state index >= 15 is 0 Å². The van der Waals surface area contributed by atoms with Gasteiger partial charge < -0.3 is 14.8 Å². The molecule has 1 saturated heterocycles. The number of nitrogens with one attached hydrogen (secondary N) is 1. The minimum absolute atomic E-state index is 0.317. The Morgan fingerprint density at radius 1 is 1.29 bits per heavy atom. The van der Waals surface area contributed by atoms with Crippen LogP contribution in [-0.4, -0.2) is 25.4 Å². The van der Waals surface area contributed by atoms with Crippen LogP contribution in [0.15, 0.2) is 24.3 Å². The fraction of sp³-hybridized carbons (Fsp3) is 0.571. The maximum Gasteiger partial charge on any atom is 0.119 e. The molecule has 1 atom stereocenters. The van der Waals surface area contributed by atoms with E-state index in [9.17, 15) is 0 Å². The van der Waals surface area contributed by atoms with Gasteiger partial charge in [0.25, 0.3) is 0 Å². The van der Waals surface area contributed by atoms with Crippen molar-refractivity contribution in [2.75, 3.05) is 18.5 Å². The smallest absolute Gasteiger partial charge is 0.119 e. The minimum atomic E-state index is 0.317. The second kappa shape index (κ2) is 5.92. The second-order valence-electron chi connectivity index (χ2n) is 4.45. The molecule has 0 amide bonds. The van der Waals surface area contributed by atoms with Gasteiger partial charge in [0.2, 0.25) is 0 Å². The van der Waals surface area contributed by atoms with Crippen LogP contribution in [-0.2, 0) is 4.74 Å². The molecule has 17 heavy (non-hydrogen) atoms. The van der Waals surface area contributed by atoms with Crippen LogP contribution < -0.4 is 10.1 Å². The molecular weight excluding hydrogens is 214 g/mol.